The Kier molecular flexibility index (Phi) is 4.61. The number of anilines is 1. The second-order valence-electron chi connectivity index (χ2n) is 5.27. The molecule has 2 heterocycles. The zero-order valence-corrected chi connectivity index (χ0v) is 14.7. The van der Waals surface area contributed by atoms with Crippen LogP contribution in [0.5, 0.6) is 0 Å². The third kappa shape index (κ3) is 3.30. The van der Waals surface area contributed by atoms with Gasteiger partial charge >= 0.3 is 0 Å². The maximum Gasteiger partial charge on any atom is 0.245 e. The maximum absolute atomic E-state index is 5.73. The first-order valence-electron chi connectivity index (χ1n) is 7.00. The van der Waals surface area contributed by atoms with Gasteiger partial charge in [0.05, 0.1) is 0 Å². The molecule has 0 bridgehead atoms. The van der Waals surface area contributed by atoms with Crippen LogP contribution in [0, 0.1) is 5.92 Å². The number of benzene rings is 1. The van der Waals surface area contributed by atoms with Crippen LogP contribution in [0.3, 0.4) is 0 Å². The van der Waals surface area contributed by atoms with E-state index in [1.54, 1.807) is 0 Å². The zero-order chi connectivity index (χ0) is 14.8. The van der Waals surface area contributed by atoms with Crippen molar-refractivity contribution in [3.05, 3.63) is 27.1 Å². The largest absolute Gasteiger partial charge is 0.340 e. The number of H-pyrrole nitrogens is 1. The molecule has 1 fully saturated rings. The Hall–Kier alpha value is -0.920. The van der Waals surface area contributed by atoms with Crippen molar-refractivity contribution in [2.24, 2.45) is 11.7 Å². The van der Waals surface area contributed by atoms with Crippen molar-refractivity contribution in [2.45, 2.75) is 12.8 Å². The first-order chi connectivity index (χ1) is 10.2. The standard InChI is InChI=1S/C14H17Br2N5/c15-10-1-2-12(16)11(7-10)13-18-14(20-19-13)21-5-3-9(8-17)4-6-21/h1-2,7,9H,3-6,8,17H2,(H,18,19,20). The van der Waals surface area contributed by atoms with E-state index >= 15 is 0 Å². The molecule has 0 aliphatic carbocycles. The van der Waals surface area contributed by atoms with Crippen LogP contribution in [0.15, 0.2) is 27.1 Å². The Morgan fingerprint density at radius 2 is 2.05 bits per heavy atom. The van der Waals surface area contributed by atoms with Gasteiger partial charge in [-0.3, -0.25) is 5.10 Å². The second-order valence-corrected chi connectivity index (χ2v) is 7.04. The minimum absolute atomic E-state index is 0.638. The highest BCUT2D eigenvalue weighted by molar-refractivity contribution is 9.11. The van der Waals surface area contributed by atoms with Gasteiger partial charge in [0.25, 0.3) is 0 Å². The van der Waals surface area contributed by atoms with Crippen LogP contribution in [-0.2, 0) is 0 Å². The smallest absolute Gasteiger partial charge is 0.245 e. The van der Waals surface area contributed by atoms with E-state index in [9.17, 15) is 0 Å². The lowest BCUT2D eigenvalue weighted by molar-refractivity contribution is 0.411. The van der Waals surface area contributed by atoms with E-state index in [0.29, 0.717) is 5.92 Å². The summed E-state index contributed by atoms with van der Waals surface area (Å²) in [6.45, 7) is 2.72. The van der Waals surface area contributed by atoms with Gasteiger partial charge in [-0.05, 0) is 43.5 Å². The Morgan fingerprint density at radius 1 is 1.29 bits per heavy atom. The highest BCUT2D eigenvalue weighted by atomic mass is 79.9. The van der Waals surface area contributed by atoms with Gasteiger partial charge in [0.2, 0.25) is 5.95 Å². The number of nitrogens with two attached hydrogens (primary N) is 1. The molecule has 5 nitrogen and oxygen atoms in total. The number of nitrogens with zero attached hydrogens (tertiary/aromatic N) is 3. The SMILES string of the molecule is NCC1CCN(c2n[nH]c(-c3cc(Br)ccc3Br)n2)CC1. The van der Waals surface area contributed by atoms with Gasteiger partial charge in [-0.1, -0.05) is 31.9 Å². The highest BCUT2D eigenvalue weighted by Crippen LogP contribution is 2.30. The second kappa shape index (κ2) is 6.46. The van der Waals surface area contributed by atoms with Gasteiger partial charge in [0, 0.05) is 27.6 Å². The lowest BCUT2D eigenvalue weighted by atomic mass is 9.97. The van der Waals surface area contributed by atoms with Gasteiger partial charge < -0.3 is 10.6 Å². The van der Waals surface area contributed by atoms with Crippen molar-refractivity contribution < 1.29 is 0 Å². The van der Waals surface area contributed by atoms with Gasteiger partial charge in [0.1, 0.15) is 0 Å². The third-order valence-electron chi connectivity index (χ3n) is 3.89. The molecule has 1 aromatic heterocycles. The average molecular weight is 415 g/mol. The molecule has 0 atom stereocenters. The number of piperidine rings is 1. The molecular formula is C14H17Br2N5. The predicted molar refractivity (Wildman–Crippen MR) is 91.2 cm³/mol. The topological polar surface area (TPSA) is 70.8 Å². The molecule has 1 aliphatic rings. The van der Waals surface area contributed by atoms with Gasteiger partial charge in [-0.15, -0.1) is 5.10 Å². The molecule has 1 saturated heterocycles. The van der Waals surface area contributed by atoms with E-state index in [1.165, 1.54) is 0 Å². The molecule has 2 aromatic rings. The normalized spacial score (nSPS) is 16.4. The van der Waals surface area contributed by atoms with E-state index in [0.717, 1.165) is 58.8 Å². The first-order valence-corrected chi connectivity index (χ1v) is 8.59. The fourth-order valence-electron chi connectivity index (χ4n) is 2.56. The fourth-order valence-corrected chi connectivity index (χ4v) is 3.36. The Balaban J connectivity index is 1.79. The number of aromatic nitrogens is 3. The lowest BCUT2D eigenvalue weighted by Gasteiger charge is -2.30. The first kappa shape index (κ1) is 15.0. The summed E-state index contributed by atoms with van der Waals surface area (Å²) in [7, 11) is 0. The number of hydrogen-bond donors (Lipinski definition) is 2. The Morgan fingerprint density at radius 3 is 2.76 bits per heavy atom. The van der Waals surface area contributed by atoms with E-state index in [-0.39, 0.29) is 0 Å². The minimum atomic E-state index is 0.638. The summed E-state index contributed by atoms with van der Waals surface area (Å²) in [6.07, 6.45) is 2.22. The Bertz CT molecular complexity index is 620. The fraction of sp³-hybridized carbons (Fsp3) is 0.429. The van der Waals surface area contributed by atoms with Crippen LogP contribution in [0.4, 0.5) is 5.95 Å². The van der Waals surface area contributed by atoms with Crippen molar-refractivity contribution >= 4 is 37.8 Å². The molecule has 0 radical (unpaired) electrons. The quantitative estimate of drug-likeness (QED) is 0.808. The average Bonchev–Trinajstić information content (AvgIpc) is 2.99. The predicted octanol–water partition coefficient (Wildman–Crippen LogP) is 3.17. The van der Waals surface area contributed by atoms with Crippen molar-refractivity contribution in [3.63, 3.8) is 0 Å². The molecule has 1 aliphatic heterocycles. The molecule has 0 spiro atoms. The summed E-state index contributed by atoms with van der Waals surface area (Å²) in [5.74, 6) is 2.19. The molecule has 1 aromatic carbocycles. The van der Waals surface area contributed by atoms with E-state index in [1.807, 2.05) is 18.2 Å². The van der Waals surface area contributed by atoms with Crippen LogP contribution < -0.4 is 10.6 Å². The van der Waals surface area contributed by atoms with Crippen molar-refractivity contribution in [1.29, 1.82) is 0 Å². The summed E-state index contributed by atoms with van der Waals surface area (Å²) in [4.78, 5) is 6.85. The molecule has 0 amide bonds. The van der Waals surface area contributed by atoms with Crippen LogP contribution in [0.1, 0.15) is 12.8 Å². The van der Waals surface area contributed by atoms with E-state index in [2.05, 4.69) is 51.9 Å². The minimum Gasteiger partial charge on any atom is -0.340 e. The van der Waals surface area contributed by atoms with Crippen molar-refractivity contribution in [3.8, 4) is 11.4 Å². The van der Waals surface area contributed by atoms with Crippen LogP contribution in [0.25, 0.3) is 11.4 Å². The third-order valence-corrected chi connectivity index (χ3v) is 5.07. The monoisotopic (exact) mass is 413 g/mol. The summed E-state index contributed by atoms with van der Waals surface area (Å²) >= 11 is 7.04. The molecule has 21 heavy (non-hydrogen) atoms. The van der Waals surface area contributed by atoms with Gasteiger partial charge in [-0.2, -0.15) is 4.98 Å². The molecule has 3 N–H and O–H groups in total. The van der Waals surface area contributed by atoms with Crippen LogP contribution in [-0.4, -0.2) is 34.8 Å². The van der Waals surface area contributed by atoms with E-state index < -0.39 is 0 Å². The number of hydrogen-bond acceptors (Lipinski definition) is 4. The number of rotatable bonds is 3. The maximum atomic E-state index is 5.73. The summed E-state index contributed by atoms with van der Waals surface area (Å²) in [5, 5.41) is 7.39. The summed E-state index contributed by atoms with van der Waals surface area (Å²) < 4.78 is 2.01. The van der Waals surface area contributed by atoms with Crippen LogP contribution >= 0.6 is 31.9 Å². The molecule has 0 saturated carbocycles. The number of halogens is 2. The van der Waals surface area contributed by atoms with Gasteiger partial charge in [-0.25, -0.2) is 0 Å². The number of nitrogens with one attached hydrogen (secondary N) is 1. The molecule has 3 rings (SSSR count). The molecule has 0 unspecified atom stereocenters. The zero-order valence-electron chi connectivity index (χ0n) is 11.5. The Labute approximate surface area is 140 Å². The van der Waals surface area contributed by atoms with E-state index in [4.69, 9.17) is 5.73 Å². The van der Waals surface area contributed by atoms with Crippen molar-refractivity contribution in [2.75, 3.05) is 24.5 Å². The molecular weight excluding hydrogens is 398 g/mol. The molecule has 7 heteroatoms. The lowest BCUT2D eigenvalue weighted by Crippen LogP contribution is -2.36. The highest BCUT2D eigenvalue weighted by Gasteiger charge is 2.21. The molecule has 112 valence electrons. The summed E-state index contributed by atoms with van der Waals surface area (Å²) in [6, 6.07) is 6.01. The number of aromatic amines is 1. The van der Waals surface area contributed by atoms with Crippen molar-refractivity contribution in [1.82, 2.24) is 15.2 Å². The van der Waals surface area contributed by atoms with Crippen LogP contribution in [0.2, 0.25) is 0 Å². The summed E-state index contributed by atoms with van der Waals surface area (Å²) in [5.41, 5.74) is 6.73. The van der Waals surface area contributed by atoms with Gasteiger partial charge in [0.15, 0.2) is 5.82 Å².